The number of hydrogen-bond acceptors (Lipinski definition) is 3. The molecule has 0 saturated carbocycles. The molecule has 1 aliphatic heterocycles. The molecule has 1 heterocycles. The van der Waals surface area contributed by atoms with Gasteiger partial charge in [0.15, 0.2) is 0 Å². The number of nitrogens with zero attached hydrogens (tertiary/aromatic N) is 1. The number of piperidine rings is 1. The first-order valence-electron chi connectivity index (χ1n) is 8.18. The molecule has 4 nitrogen and oxygen atoms in total. The van der Waals surface area contributed by atoms with E-state index in [4.69, 9.17) is 4.74 Å². The highest BCUT2D eigenvalue weighted by Gasteiger charge is 2.20. The summed E-state index contributed by atoms with van der Waals surface area (Å²) in [6.45, 7) is 4.27. The van der Waals surface area contributed by atoms with E-state index in [9.17, 15) is 4.79 Å². The maximum Gasteiger partial charge on any atom is 0.220 e. The number of para-hydroxylation sites is 1. The predicted molar refractivity (Wildman–Crippen MR) is 89.1 cm³/mol. The van der Waals surface area contributed by atoms with E-state index in [1.165, 1.54) is 0 Å². The minimum atomic E-state index is 0.120. The molecule has 1 amide bonds. The van der Waals surface area contributed by atoms with Gasteiger partial charge in [-0.1, -0.05) is 18.2 Å². The quantitative estimate of drug-likeness (QED) is 0.878. The van der Waals surface area contributed by atoms with Crippen LogP contribution >= 0.6 is 0 Å². The van der Waals surface area contributed by atoms with Crippen molar-refractivity contribution in [3.8, 4) is 5.75 Å². The molecule has 1 fully saturated rings. The molecule has 22 heavy (non-hydrogen) atoms. The molecule has 1 atom stereocenters. The molecule has 1 N–H and O–H groups in total. The van der Waals surface area contributed by atoms with Gasteiger partial charge in [0.2, 0.25) is 5.91 Å². The normalized spacial score (nSPS) is 18.0. The van der Waals surface area contributed by atoms with Crippen LogP contribution in [0.4, 0.5) is 0 Å². The molecule has 0 spiro atoms. The summed E-state index contributed by atoms with van der Waals surface area (Å²) in [5.74, 6) is 1.60. The third-order valence-corrected chi connectivity index (χ3v) is 4.44. The molecule has 0 bridgehead atoms. The van der Waals surface area contributed by atoms with E-state index in [2.05, 4.69) is 30.3 Å². The van der Waals surface area contributed by atoms with E-state index in [-0.39, 0.29) is 11.9 Å². The highest BCUT2D eigenvalue weighted by atomic mass is 16.5. The summed E-state index contributed by atoms with van der Waals surface area (Å²) in [5.41, 5.74) is 1.14. The lowest BCUT2D eigenvalue weighted by molar-refractivity contribution is -0.122. The number of rotatable bonds is 6. The Hall–Kier alpha value is -1.55. The van der Waals surface area contributed by atoms with Gasteiger partial charge in [-0.2, -0.15) is 0 Å². The second-order valence-corrected chi connectivity index (χ2v) is 6.44. The number of hydrogen-bond donors (Lipinski definition) is 1. The number of carbonyl (C=O) groups is 1. The van der Waals surface area contributed by atoms with E-state index in [1.807, 2.05) is 18.2 Å². The van der Waals surface area contributed by atoms with Crippen LogP contribution in [0.15, 0.2) is 24.3 Å². The van der Waals surface area contributed by atoms with Crippen LogP contribution in [0.3, 0.4) is 0 Å². The van der Waals surface area contributed by atoms with E-state index in [0.717, 1.165) is 43.7 Å². The number of amides is 1. The predicted octanol–water partition coefficient (Wildman–Crippen LogP) is 2.47. The Bertz CT molecular complexity index is 482. The lowest BCUT2D eigenvalue weighted by atomic mass is 9.93. The first kappa shape index (κ1) is 16.8. The smallest absolute Gasteiger partial charge is 0.220 e. The Kier molecular flexibility index (Phi) is 6.25. The molecular weight excluding hydrogens is 276 g/mol. The molecule has 1 unspecified atom stereocenters. The maximum absolute atomic E-state index is 12.2. The summed E-state index contributed by atoms with van der Waals surface area (Å²) in [6.07, 6.45) is 3.71. The van der Waals surface area contributed by atoms with Crippen LogP contribution in [-0.4, -0.2) is 44.1 Å². The van der Waals surface area contributed by atoms with Gasteiger partial charge in [0.25, 0.3) is 0 Å². The zero-order chi connectivity index (χ0) is 15.9. The van der Waals surface area contributed by atoms with E-state index < -0.39 is 0 Å². The monoisotopic (exact) mass is 304 g/mol. The number of nitrogens with one attached hydrogen (secondary N) is 1. The topological polar surface area (TPSA) is 41.6 Å². The summed E-state index contributed by atoms with van der Waals surface area (Å²) < 4.78 is 5.37. The van der Waals surface area contributed by atoms with Crippen LogP contribution < -0.4 is 10.1 Å². The van der Waals surface area contributed by atoms with Crippen molar-refractivity contribution in [2.75, 3.05) is 27.2 Å². The van der Waals surface area contributed by atoms with Crippen LogP contribution in [0, 0.1) is 5.92 Å². The minimum absolute atomic E-state index is 0.120. The summed E-state index contributed by atoms with van der Waals surface area (Å²) in [6, 6.07) is 8.10. The van der Waals surface area contributed by atoms with E-state index in [1.54, 1.807) is 7.11 Å². The number of ether oxygens (including phenoxy) is 1. The Labute approximate surface area is 133 Å². The number of methoxy groups -OCH3 is 1. The highest BCUT2D eigenvalue weighted by Crippen LogP contribution is 2.21. The number of likely N-dealkylation sites (tertiary alicyclic amines) is 1. The standard InChI is InChI=1S/C18H28N2O2/c1-14(12-16-6-4-5-7-17(16)22-3)19-18(21)13-15-8-10-20(2)11-9-15/h4-7,14-15H,8-13H2,1-3H3,(H,19,21). The fourth-order valence-corrected chi connectivity index (χ4v) is 3.11. The van der Waals surface area contributed by atoms with E-state index in [0.29, 0.717) is 12.3 Å². The highest BCUT2D eigenvalue weighted by molar-refractivity contribution is 5.76. The van der Waals surface area contributed by atoms with Gasteiger partial charge in [0.1, 0.15) is 5.75 Å². The van der Waals surface area contributed by atoms with Crippen LogP contribution in [0.25, 0.3) is 0 Å². The molecule has 122 valence electrons. The largest absolute Gasteiger partial charge is 0.496 e. The summed E-state index contributed by atoms with van der Waals surface area (Å²) in [4.78, 5) is 14.5. The molecule has 1 aromatic rings. The Morgan fingerprint density at radius 1 is 1.36 bits per heavy atom. The van der Waals surface area contributed by atoms with Crippen molar-refractivity contribution in [1.82, 2.24) is 10.2 Å². The second kappa shape index (κ2) is 8.18. The van der Waals surface area contributed by atoms with Gasteiger partial charge >= 0.3 is 0 Å². The Morgan fingerprint density at radius 3 is 2.73 bits per heavy atom. The Balaban J connectivity index is 1.78. The molecule has 0 aliphatic carbocycles. The first-order chi connectivity index (χ1) is 10.6. The summed E-state index contributed by atoms with van der Waals surface area (Å²) >= 11 is 0. The van der Waals surface area contributed by atoms with Crippen LogP contribution in [0.1, 0.15) is 31.7 Å². The molecule has 4 heteroatoms. The number of benzene rings is 1. The molecule has 1 aliphatic rings. The first-order valence-corrected chi connectivity index (χ1v) is 8.18. The van der Waals surface area contributed by atoms with Gasteiger partial charge in [-0.25, -0.2) is 0 Å². The third-order valence-electron chi connectivity index (χ3n) is 4.44. The minimum Gasteiger partial charge on any atom is -0.496 e. The molecule has 1 aromatic carbocycles. The summed E-state index contributed by atoms with van der Waals surface area (Å²) in [5, 5.41) is 3.13. The van der Waals surface area contributed by atoms with Gasteiger partial charge in [-0.3, -0.25) is 4.79 Å². The van der Waals surface area contributed by atoms with Gasteiger partial charge in [-0.05, 0) is 63.9 Å². The van der Waals surface area contributed by atoms with Crippen LogP contribution in [0.2, 0.25) is 0 Å². The fraction of sp³-hybridized carbons (Fsp3) is 0.611. The molecule has 2 rings (SSSR count). The average molecular weight is 304 g/mol. The second-order valence-electron chi connectivity index (χ2n) is 6.44. The maximum atomic E-state index is 12.2. The van der Waals surface area contributed by atoms with Crippen molar-refractivity contribution in [2.24, 2.45) is 5.92 Å². The van der Waals surface area contributed by atoms with E-state index >= 15 is 0 Å². The van der Waals surface area contributed by atoms with Gasteiger partial charge in [0.05, 0.1) is 7.11 Å². The molecule has 0 aromatic heterocycles. The lowest BCUT2D eigenvalue weighted by Crippen LogP contribution is -2.37. The van der Waals surface area contributed by atoms with Gasteiger partial charge < -0.3 is 15.0 Å². The van der Waals surface area contributed by atoms with Crippen molar-refractivity contribution < 1.29 is 9.53 Å². The van der Waals surface area contributed by atoms with Crippen molar-refractivity contribution in [1.29, 1.82) is 0 Å². The van der Waals surface area contributed by atoms with Crippen molar-refractivity contribution in [2.45, 2.75) is 38.6 Å². The third kappa shape index (κ3) is 5.02. The van der Waals surface area contributed by atoms with Crippen molar-refractivity contribution >= 4 is 5.91 Å². The molecule has 0 radical (unpaired) electrons. The van der Waals surface area contributed by atoms with Crippen LogP contribution in [0.5, 0.6) is 5.75 Å². The fourth-order valence-electron chi connectivity index (χ4n) is 3.11. The Morgan fingerprint density at radius 2 is 2.05 bits per heavy atom. The van der Waals surface area contributed by atoms with Crippen molar-refractivity contribution in [3.05, 3.63) is 29.8 Å². The zero-order valence-corrected chi connectivity index (χ0v) is 14.0. The molecule has 1 saturated heterocycles. The zero-order valence-electron chi connectivity index (χ0n) is 14.0. The number of carbonyl (C=O) groups excluding carboxylic acids is 1. The van der Waals surface area contributed by atoms with Gasteiger partial charge in [0, 0.05) is 12.5 Å². The SMILES string of the molecule is COc1ccccc1CC(C)NC(=O)CC1CCN(C)CC1. The van der Waals surface area contributed by atoms with Gasteiger partial charge in [-0.15, -0.1) is 0 Å². The van der Waals surface area contributed by atoms with Crippen molar-refractivity contribution in [3.63, 3.8) is 0 Å². The van der Waals surface area contributed by atoms with Crippen LogP contribution in [-0.2, 0) is 11.2 Å². The average Bonchev–Trinajstić information content (AvgIpc) is 2.50. The molecular formula is C18H28N2O2. The summed E-state index contributed by atoms with van der Waals surface area (Å²) in [7, 11) is 3.83. The lowest BCUT2D eigenvalue weighted by Gasteiger charge is -2.28.